The van der Waals surface area contributed by atoms with E-state index in [-0.39, 0.29) is 22.8 Å². The van der Waals surface area contributed by atoms with Crippen LogP contribution in [0.3, 0.4) is 0 Å². The number of ether oxygens (including phenoxy) is 1. The summed E-state index contributed by atoms with van der Waals surface area (Å²) >= 11 is 0. The number of Topliss-reactive ketones (excluding diaryl/α,β-unsaturated/α-hetero) is 2. The molecule has 2 unspecified atom stereocenters. The van der Waals surface area contributed by atoms with E-state index < -0.39 is 82.3 Å². The molecule has 1 fully saturated rings. The largest absolute Gasteiger partial charge is 0.507 e. The van der Waals surface area contributed by atoms with Gasteiger partial charge in [-0.05, 0) is 12.5 Å². The number of carbonyl (C=O) groups excluding carboxylic acids is 4. The molecule has 0 spiro atoms. The van der Waals surface area contributed by atoms with Crippen LogP contribution in [0.1, 0.15) is 49.5 Å². The van der Waals surface area contributed by atoms with Gasteiger partial charge in [0.2, 0.25) is 5.91 Å². The smallest absolute Gasteiger partial charge is 0.306 e. The molecule has 34 heavy (non-hydrogen) atoms. The number of nitrogens with two attached hydrogens (primary N) is 1. The lowest BCUT2D eigenvalue weighted by atomic mass is 9.58. The fourth-order valence-electron chi connectivity index (χ4n) is 5.07. The zero-order chi connectivity index (χ0) is 25.1. The summed E-state index contributed by atoms with van der Waals surface area (Å²) in [5.74, 6) is -9.97. The number of carbonyl (C=O) groups is 4. The van der Waals surface area contributed by atoms with Crippen molar-refractivity contribution in [2.75, 3.05) is 0 Å². The lowest BCUT2D eigenvalue weighted by Crippen LogP contribution is -2.64. The Morgan fingerprint density at radius 3 is 2.44 bits per heavy atom. The second-order valence-electron chi connectivity index (χ2n) is 8.59. The second kappa shape index (κ2) is 7.96. The number of fused-ring (bicyclic) bond motifs is 3. The van der Waals surface area contributed by atoms with E-state index in [2.05, 4.69) is 0 Å². The Labute approximate surface area is 192 Å². The van der Waals surface area contributed by atoms with Gasteiger partial charge in [-0.2, -0.15) is 0 Å². The molecule has 0 bridgehead atoms. The molecule has 2 aromatic rings. The van der Waals surface area contributed by atoms with Gasteiger partial charge in [-0.25, -0.2) is 0 Å². The third-order valence-corrected chi connectivity index (χ3v) is 6.64. The van der Waals surface area contributed by atoms with E-state index in [9.17, 15) is 44.7 Å². The lowest BCUT2D eigenvalue weighted by Gasteiger charge is -2.49. The van der Waals surface area contributed by atoms with Gasteiger partial charge >= 0.3 is 5.97 Å². The van der Waals surface area contributed by atoms with Crippen molar-refractivity contribution in [1.29, 1.82) is 0 Å². The highest BCUT2D eigenvalue weighted by Crippen LogP contribution is 2.60. The number of hydrogen-bond donors (Lipinski definition) is 6. The number of phenolic OH excluding ortho intramolecular Hbond substituents is 3. The highest BCUT2D eigenvalue weighted by molar-refractivity contribution is 6.22. The summed E-state index contributed by atoms with van der Waals surface area (Å²) in [5.41, 5.74) is 1.42. The number of rotatable bonds is 4. The highest BCUT2D eigenvalue weighted by Gasteiger charge is 2.66. The van der Waals surface area contributed by atoms with Crippen LogP contribution < -0.4 is 5.73 Å². The topological polar surface area (TPSA) is 205 Å². The predicted octanol–water partition coefficient (Wildman–Crippen LogP) is 0.379. The number of aliphatic hydroxyl groups excluding tert-OH is 1. The Kier molecular flexibility index (Phi) is 5.49. The number of ketones is 2. The number of aliphatic hydroxyl groups is 2. The molecule has 0 saturated heterocycles. The minimum atomic E-state index is -2.88. The number of amides is 1. The zero-order valence-electron chi connectivity index (χ0n) is 18.0. The van der Waals surface area contributed by atoms with Gasteiger partial charge in [0.1, 0.15) is 29.5 Å². The monoisotopic (exact) mass is 473 g/mol. The molecule has 0 aliphatic heterocycles. The molecule has 1 saturated carbocycles. The predicted molar refractivity (Wildman–Crippen MR) is 113 cm³/mol. The van der Waals surface area contributed by atoms with Gasteiger partial charge in [0, 0.05) is 35.3 Å². The van der Waals surface area contributed by atoms with Crippen molar-refractivity contribution in [3.63, 3.8) is 0 Å². The van der Waals surface area contributed by atoms with Crippen LogP contribution in [0.25, 0.3) is 10.8 Å². The number of phenols is 3. The standard InChI is InChI=1S/C23H23NO10/c1-2-4-12(27)34-19-9-7-11(26)14(22(24)32)20(30)23(9,33)21(31)16-15(19)17(28)8-5-3-6-10(25)13(8)18(16)29/h3,5-6,9,14,19,21,25,28-29,31,33H,2,4,7H2,1H3,(H2,24,32)/t9-,14?,19-,21?,23-/m1/s1. The number of esters is 1. The summed E-state index contributed by atoms with van der Waals surface area (Å²) in [4.78, 5) is 50.0. The third kappa shape index (κ3) is 3.04. The molecule has 2 aliphatic rings. The normalized spacial score (nSPS) is 28.3. The SMILES string of the molecule is CCCC(=O)O[C@H]1c2c(c(O)c3c(O)cccc3c2O)C(O)[C@]2(O)C(=O)C(C(N)=O)C(=O)C[C@H]12. The Hall–Kier alpha value is -3.70. The van der Waals surface area contributed by atoms with E-state index in [4.69, 9.17) is 10.5 Å². The maximum atomic E-state index is 13.2. The summed E-state index contributed by atoms with van der Waals surface area (Å²) < 4.78 is 5.48. The molecular formula is C23H23NO10. The Balaban J connectivity index is 2.06. The molecule has 5 atom stereocenters. The lowest BCUT2D eigenvalue weighted by molar-refractivity contribution is -0.200. The molecule has 180 valence electrons. The molecule has 11 heteroatoms. The van der Waals surface area contributed by atoms with Crippen LogP contribution in [0.2, 0.25) is 0 Å². The quantitative estimate of drug-likeness (QED) is 0.204. The third-order valence-electron chi connectivity index (χ3n) is 6.64. The van der Waals surface area contributed by atoms with Gasteiger partial charge < -0.3 is 36.0 Å². The Morgan fingerprint density at radius 1 is 1.15 bits per heavy atom. The Bertz CT molecular complexity index is 1250. The summed E-state index contributed by atoms with van der Waals surface area (Å²) in [6.45, 7) is 1.70. The first-order valence-corrected chi connectivity index (χ1v) is 10.6. The molecule has 7 N–H and O–H groups in total. The molecule has 2 aromatic carbocycles. The fourth-order valence-corrected chi connectivity index (χ4v) is 5.07. The Morgan fingerprint density at radius 2 is 1.82 bits per heavy atom. The summed E-state index contributed by atoms with van der Waals surface area (Å²) in [6, 6.07) is 3.93. The van der Waals surface area contributed by atoms with Crippen LogP contribution in [0.15, 0.2) is 18.2 Å². The van der Waals surface area contributed by atoms with E-state index in [0.29, 0.717) is 6.42 Å². The van der Waals surface area contributed by atoms with Crippen molar-refractivity contribution >= 4 is 34.2 Å². The molecule has 0 heterocycles. The van der Waals surface area contributed by atoms with Crippen LogP contribution in [0.5, 0.6) is 17.2 Å². The van der Waals surface area contributed by atoms with Crippen LogP contribution in [0, 0.1) is 11.8 Å². The van der Waals surface area contributed by atoms with Crippen LogP contribution >= 0.6 is 0 Å². The first kappa shape index (κ1) is 23.5. The van der Waals surface area contributed by atoms with Crippen molar-refractivity contribution in [2.45, 2.75) is 44.0 Å². The van der Waals surface area contributed by atoms with Crippen molar-refractivity contribution in [1.82, 2.24) is 0 Å². The molecule has 11 nitrogen and oxygen atoms in total. The number of aromatic hydroxyl groups is 3. The van der Waals surface area contributed by atoms with E-state index >= 15 is 0 Å². The fraction of sp³-hybridized carbons (Fsp3) is 0.391. The summed E-state index contributed by atoms with van der Waals surface area (Å²) in [5, 5.41) is 54.6. The van der Waals surface area contributed by atoms with Gasteiger partial charge in [0.25, 0.3) is 0 Å². The van der Waals surface area contributed by atoms with E-state index in [1.807, 2.05) is 0 Å². The molecule has 1 amide bonds. The maximum Gasteiger partial charge on any atom is 0.306 e. The van der Waals surface area contributed by atoms with Gasteiger partial charge in [-0.15, -0.1) is 0 Å². The van der Waals surface area contributed by atoms with E-state index in [1.165, 1.54) is 18.2 Å². The number of benzene rings is 2. The molecule has 4 rings (SSSR count). The van der Waals surface area contributed by atoms with E-state index in [1.54, 1.807) is 6.92 Å². The van der Waals surface area contributed by atoms with Crippen LogP contribution in [0.4, 0.5) is 0 Å². The van der Waals surface area contributed by atoms with Crippen molar-refractivity contribution in [3.8, 4) is 17.2 Å². The molecular weight excluding hydrogens is 450 g/mol. The van der Waals surface area contributed by atoms with Gasteiger partial charge in [-0.1, -0.05) is 19.1 Å². The van der Waals surface area contributed by atoms with Crippen molar-refractivity contribution < 1.29 is 49.4 Å². The maximum absolute atomic E-state index is 13.2. The average molecular weight is 473 g/mol. The van der Waals surface area contributed by atoms with Crippen molar-refractivity contribution in [3.05, 3.63) is 29.3 Å². The van der Waals surface area contributed by atoms with E-state index in [0.717, 1.165) is 0 Å². The highest BCUT2D eigenvalue weighted by atomic mass is 16.5. The van der Waals surface area contributed by atoms with Crippen molar-refractivity contribution in [2.24, 2.45) is 17.6 Å². The minimum Gasteiger partial charge on any atom is -0.507 e. The molecule has 2 aliphatic carbocycles. The van der Waals surface area contributed by atoms with Gasteiger partial charge in [0.05, 0.1) is 5.39 Å². The van der Waals surface area contributed by atoms with Crippen LogP contribution in [-0.2, 0) is 23.9 Å². The van der Waals surface area contributed by atoms with Gasteiger partial charge in [0.15, 0.2) is 23.1 Å². The van der Waals surface area contributed by atoms with Gasteiger partial charge in [-0.3, -0.25) is 19.2 Å². The second-order valence-corrected chi connectivity index (χ2v) is 8.59. The average Bonchev–Trinajstić information content (AvgIpc) is 2.76. The number of primary amides is 1. The molecule has 0 aromatic heterocycles. The zero-order valence-corrected chi connectivity index (χ0v) is 18.0. The molecule has 0 radical (unpaired) electrons. The summed E-state index contributed by atoms with van der Waals surface area (Å²) in [6.07, 6.45) is -4.30. The first-order chi connectivity index (χ1) is 16.0. The number of hydrogen-bond acceptors (Lipinski definition) is 10. The first-order valence-electron chi connectivity index (χ1n) is 10.6. The summed E-state index contributed by atoms with van der Waals surface area (Å²) in [7, 11) is 0. The van der Waals surface area contributed by atoms with Crippen LogP contribution in [-0.4, -0.2) is 54.6 Å². The minimum absolute atomic E-state index is 0.0612.